The predicted molar refractivity (Wildman–Crippen MR) is 152 cm³/mol. The summed E-state index contributed by atoms with van der Waals surface area (Å²) in [6, 6.07) is 33.3. The number of carbonyl (C=O) groups is 1. The summed E-state index contributed by atoms with van der Waals surface area (Å²) in [6.07, 6.45) is -0.945. The zero-order valence-corrected chi connectivity index (χ0v) is 22.1. The normalized spacial score (nSPS) is 13.3. The van der Waals surface area contributed by atoms with E-state index >= 15 is 0 Å². The van der Waals surface area contributed by atoms with Crippen molar-refractivity contribution in [2.24, 2.45) is 5.73 Å². The van der Waals surface area contributed by atoms with Crippen molar-refractivity contribution < 1.29 is 19.4 Å². The van der Waals surface area contributed by atoms with Gasteiger partial charge >= 0.3 is 6.09 Å². The van der Waals surface area contributed by atoms with Crippen LogP contribution in [0.4, 0.5) is 4.79 Å². The van der Waals surface area contributed by atoms with Gasteiger partial charge in [0.25, 0.3) is 0 Å². The van der Waals surface area contributed by atoms with Gasteiger partial charge in [0, 0.05) is 37.1 Å². The molecule has 4 rings (SSSR count). The van der Waals surface area contributed by atoms with Crippen LogP contribution in [0.5, 0.6) is 5.88 Å². The minimum Gasteiger partial charge on any atom is -0.481 e. The van der Waals surface area contributed by atoms with Gasteiger partial charge in [-0.25, -0.2) is 9.78 Å². The van der Waals surface area contributed by atoms with E-state index in [1.165, 1.54) is 0 Å². The minimum atomic E-state index is -0.860. The highest BCUT2D eigenvalue weighted by Crippen LogP contribution is 2.22. The first kappa shape index (κ1) is 27.8. The molecule has 39 heavy (non-hydrogen) atoms. The number of nitrogens with zero attached hydrogens (tertiary/aromatic N) is 1. The van der Waals surface area contributed by atoms with Gasteiger partial charge in [-0.2, -0.15) is 0 Å². The monoisotopic (exact) mass is 525 g/mol. The Bertz CT molecular complexity index is 1300. The summed E-state index contributed by atoms with van der Waals surface area (Å²) in [5, 5.41) is 14.8. The highest BCUT2D eigenvalue weighted by Gasteiger charge is 2.25. The lowest BCUT2D eigenvalue weighted by Gasteiger charge is -2.28. The fourth-order valence-corrected chi connectivity index (χ4v) is 4.59. The SMILES string of the molecule is COc1cccc(-c2ccc(C[C@@H](C[C@H](O)[C@H](Cc3ccccc3)NCc3ccccc3)OC(N)=O)cc2)n1. The zero-order chi connectivity index (χ0) is 27.5. The molecule has 7 heteroatoms. The Kier molecular flexibility index (Phi) is 10.1. The quantitative estimate of drug-likeness (QED) is 0.229. The number of methoxy groups -OCH3 is 1. The topological polar surface area (TPSA) is 107 Å². The van der Waals surface area contributed by atoms with Crippen LogP contribution in [0.2, 0.25) is 0 Å². The number of pyridine rings is 1. The molecule has 0 bridgehead atoms. The highest BCUT2D eigenvalue weighted by molar-refractivity contribution is 5.65. The summed E-state index contributed by atoms with van der Waals surface area (Å²) in [5.41, 5.74) is 10.3. The summed E-state index contributed by atoms with van der Waals surface area (Å²) in [4.78, 5) is 16.2. The van der Waals surface area contributed by atoms with Crippen molar-refractivity contribution in [1.29, 1.82) is 0 Å². The summed E-state index contributed by atoms with van der Waals surface area (Å²) in [7, 11) is 1.59. The van der Waals surface area contributed by atoms with Gasteiger partial charge in [0.05, 0.1) is 18.9 Å². The van der Waals surface area contributed by atoms with Gasteiger partial charge in [-0.1, -0.05) is 91.0 Å². The summed E-state index contributed by atoms with van der Waals surface area (Å²) >= 11 is 0. The average molecular weight is 526 g/mol. The van der Waals surface area contributed by atoms with Crippen LogP contribution in [0.3, 0.4) is 0 Å². The number of benzene rings is 3. The molecule has 0 unspecified atom stereocenters. The van der Waals surface area contributed by atoms with Crippen LogP contribution in [0.1, 0.15) is 23.1 Å². The molecule has 7 nitrogen and oxygen atoms in total. The second-order valence-electron chi connectivity index (χ2n) is 9.49. The number of primary amides is 1. The first-order chi connectivity index (χ1) is 19.0. The lowest BCUT2D eigenvalue weighted by atomic mass is 9.94. The number of ether oxygens (including phenoxy) is 2. The summed E-state index contributed by atoms with van der Waals surface area (Å²) < 4.78 is 10.7. The van der Waals surface area contributed by atoms with Gasteiger partial charge < -0.3 is 25.6 Å². The molecule has 1 heterocycles. The fourth-order valence-electron chi connectivity index (χ4n) is 4.59. The molecule has 0 fully saturated rings. The first-order valence-corrected chi connectivity index (χ1v) is 13.1. The van der Waals surface area contributed by atoms with E-state index in [4.69, 9.17) is 15.2 Å². The van der Waals surface area contributed by atoms with E-state index in [0.717, 1.165) is 27.9 Å². The summed E-state index contributed by atoms with van der Waals surface area (Å²) in [6.45, 7) is 0.608. The number of rotatable bonds is 13. The zero-order valence-electron chi connectivity index (χ0n) is 22.1. The van der Waals surface area contributed by atoms with E-state index in [-0.39, 0.29) is 12.5 Å². The van der Waals surface area contributed by atoms with Crippen LogP contribution >= 0.6 is 0 Å². The van der Waals surface area contributed by atoms with Crippen molar-refractivity contribution in [2.45, 2.75) is 44.1 Å². The molecule has 3 atom stereocenters. The molecule has 0 saturated heterocycles. The van der Waals surface area contributed by atoms with Crippen LogP contribution < -0.4 is 15.8 Å². The lowest BCUT2D eigenvalue weighted by Crippen LogP contribution is -2.44. The number of hydrogen-bond acceptors (Lipinski definition) is 6. The second kappa shape index (κ2) is 14.1. The van der Waals surface area contributed by atoms with E-state index in [9.17, 15) is 9.90 Å². The van der Waals surface area contributed by atoms with Gasteiger partial charge in [0.15, 0.2) is 0 Å². The van der Waals surface area contributed by atoms with E-state index in [0.29, 0.717) is 25.3 Å². The lowest BCUT2D eigenvalue weighted by molar-refractivity contribution is 0.0420. The Hall–Kier alpha value is -4.20. The molecule has 4 N–H and O–H groups in total. The Morgan fingerprint density at radius 3 is 2.13 bits per heavy atom. The molecule has 0 saturated carbocycles. The third-order valence-corrected chi connectivity index (χ3v) is 6.61. The molecular weight excluding hydrogens is 490 g/mol. The first-order valence-electron chi connectivity index (χ1n) is 13.1. The smallest absolute Gasteiger partial charge is 0.404 e. The molecule has 0 aliphatic rings. The molecule has 0 spiro atoms. The van der Waals surface area contributed by atoms with Crippen molar-refractivity contribution in [3.05, 3.63) is 120 Å². The molecule has 4 aromatic rings. The molecule has 0 aliphatic heterocycles. The van der Waals surface area contributed by atoms with Crippen LogP contribution in [0.15, 0.2) is 103 Å². The van der Waals surface area contributed by atoms with Crippen molar-refractivity contribution in [3.63, 3.8) is 0 Å². The number of amides is 1. The molecule has 1 amide bonds. The van der Waals surface area contributed by atoms with E-state index in [1.54, 1.807) is 13.2 Å². The number of nitrogens with two attached hydrogens (primary N) is 1. The van der Waals surface area contributed by atoms with Crippen LogP contribution in [0.25, 0.3) is 11.3 Å². The van der Waals surface area contributed by atoms with Crippen molar-refractivity contribution in [3.8, 4) is 17.1 Å². The fraction of sp³-hybridized carbons (Fsp3) is 0.250. The largest absolute Gasteiger partial charge is 0.481 e. The molecule has 0 aliphatic carbocycles. The third kappa shape index (κ3) is 8.67. The molecular formula is C32H35N3O4. The van der Waals surface area contributed by atoms with Gasteiger partial charge in [0.2, 0.25) is 5.88 Å². The maximum absolute atomic E-state index is 11.7. The number of aromatic nitrogens is 1. The molecule has 3 aromatic carbocycles. The molecule has 0 radical (unpaired) electrons. The Labute approximate surface area is 229 Å². The predicted octanol–water partition coefficient (Wildman–Crippen LogP) is 4.92. The van der Waals surface area contributed by atoms with E-state index in [1.807, 2.05) is 97.1 Å². The van der Waals surface area contributed by atoms with Gasteiger partial charge in [-0.05, 0) is 29.2 Å². The Balaban J connectivity index is 1.46. The second-order valence-corrected chi connectivity index (χ2v) is 9.49. The summed E-state index contributed by atoms with van der Waals surface area (Å²) in [5.74, 6) is 0.548. The standard InChI is InChI=1S/C32H35N3O4/c1-38-31-14-8-13-28(35-31)26-17-15-24(16-18-26)19-27(39-32(33)37)21-30(36)29(20-23-9-4-2-5-10-23)34-22-25-11-6-3-7-12-25/h2-18,27,29-30,34,36H,19-22H2,1H3,(H2,33,37)/t27-,29-,30-/m0/s1. The van der Waals surface area contributed by atoms with Crippen LogP contribution in [0, 0.1) is 0 Å². The maximum atomic E-state index is 11.7. The Morgan fingerprint density at radius 2 is 1.49 bits per heavy atom. The van der Waals surface area contributed by atoms with Crippen molar-refractivity contribution >= 4 is 6.09 Å². The number of hydrogen-bond donors (Lipinski definition) is 3. The number of aliphatic hydroxyl groups excluding tert-OH is 1. The van der Waals surface area contributed by atoms with Gasteiger partial charge in [0.1, 0.15) is 6.10 Å². The molecule has 1 aromatic heterocycles. The minimum absolute atomic E-state index is 0.238. The molecule has 202 valence electrons. The van der Waals surface area contributed by atoms with Gasteiger partial charge in [-0.15, -0.1) is 0 Å². The Morgan fingerprint density at radius 1 is 0.846 bits per heavy atom. The average Bonchev–Trinajstić information content (AvgIpc) is 2.96. The highest BCUT2D eigenvalue weighted by atomic mass is 16.6. The van der Waals surface area contributed by atoms with Crippen molar-refractivity contribution in [2.75, 3.05) is 7.11 Å². The van der Waals surface area contributed by atoms with E-state index in [2.05, 4.69) is 10.3 Å². The van der Waals surface area contributed by atoms with Crippen LogP contribution in [-0.2, 0) is 24.1 Å². The van der Waals surface area contributed by atoms with Crippen molar-refractivity contribution in [1.82, 2.24) is 10.3 Å². The third-order valence-electron chi connectivity index (χ3n) is 6.61. The van der Waals surface area contributed by atoms with Gasteiger partial charge in [-0.3, -0.25) is 0 Å². The van der Waals surface area contributed by atoms with E-state index < -0.39 is 18.3 Å². The maximum Gasteiger partial charge on any atom is 0.404 e. The number of carbonyl (C=O) groups excluding carboxylic acids is 1. The van der Waals surface area contributed by atoms with Crippen LogP contribution in [-0.4, -0.2) is 41.5 Å². The number of nitrogens with one attached hydrogen (secondary N) is 1. The number of aliphatic hydroxyl groups is 1.